The zero-order chi connectivity index (χ0) is 11.7. The predicted octanol–water partition coefficient (Wildman–Crippen LogP) is 1.67. The minimum Gasteiger partial charge on any atom is -0.385 e. The molecule has 1 aliphatic rings. The smallest absolute Gasteiger partial charge is 0.244 e. The Hall–Kier alpha value is -0.940. The normalized spacial score (nSPS) is 24.2. The summed E-state index contributed by atoms with van der Waals surface area (Å²) < 4.78 is 5.23. The van der Waals surface area contributed by atoms with Gasteiger partial charge in [0.15, 0.2) is 5.82 Å². The minimum absolute atomic E-state index is 0.222. The van der Waals surface area contributed by atoms with Crippen molar-refractivity contribution in [2.75, 3.05) is 6.54 Å². The molecule has 0 aromatic carbocycles. The number of hydrogen-bond acceptors (Lipinski definition) is 5. The maximum atomic E-state index is 9.36. The number of nitrogens with zero attached hydrogens (tertiary/aromatic N) is 3. The lowest BCUT2D eigenvalue weighted by atomic mass is 10.2. The van der Waals surface area contributed by atoms with E-state index in [9.17, 15) is 5.11 Å². The standard InChI is InChI=1S/C11H19N3O2/c1-7(2)14-6-4-5-9(14)11-12-10(8(3)15)13-16-11/h7-9,15H,4-6H2,1-3H3. The number of hydrogen-bond donors (Lipinski definition) is 1. The second kappa shape index (κ2) is 4.51. The average Bonchev–Trinajstić information content (AvgIpc) is 2.86. The van der Waals surface area contributed by atoms with Gasteiger partial charge in [-0.05, 0) is 40.2 Å². The third-order valence-corrected chi connectivity index (χ3v) is 3.07. The molecule has 1 aromatic rings. The van der Waals surface area contributed by atoms with E-state index in [0.717, 1.165) is 19.4 Å². The maximum absolute atomic E-state index is 9.36. The highest BCUT2D eigenvalue weighted by Crippen LogP contribution is 2.32. The van der Waals surface area contributed by atoms with E-state index in [1.807, 2.05) is 0 Å². The van der Waals surface area contributed by atoms with E-state index in [-0.39, 0.29) is 6.04 Å². The molecular weight excluding hydrogens is 206 g/mol. The highest BCUT2D eigenvalue weighted by Gasteiger charge is 2.32. The largest absolute Gasteiger partial charge is 0.385 e. The molecule has 0 bridgehead atoms. The van der Waals surface area contributed by atoms with Crippen molar-refractivity contribution in [3.05, 3.63) is 11.7 Å². The van der Waals surface area contributed by atoms with Gasteiger partial charge in [0.2, 0.25) is 5.89 Å². The van der Waals surface area contributed by atoms with Crippen LogP contribution < -0.4 is 0 Å². The Bertz CT molecular complexity index is 349. The van der Waals surface area contributed by atoms with Crippen LogP contribution in [-0.2, 0) is 0 Å². The van der Waals surface area contributed by atoms with Crippen molar-refractivity contribution in [1.82, 2.24) is 15.0 Å². The summed E-state index contributed by atoms with van der Waals surface area (Å²) in [5.41, 5.74) is 0. The zero-order valence-electron chi connectivity index (χ0n) is 10.1. The quantitative estimate of drug-likeness (QED) is 0.847. The number of likely N-dealkylation sites (tertiary alicyclic amines) is 1. The molecule has 5 nitrogen and oxygen atoms in total. The Morgan fingerprint density at radius 2 is 2.19 bits per heavy atom. The van der Waals surface area contributed by atoms with E-state index < -0.39 is 6.10 Å². The fourth-order valence-electron chi connectivity index (χ4n) is 2.22. The van der Waals surface area contributed by atoms with Crippen molar-refractivity contribution in [2.45, 2.75) is 51.8 Å². The van der Waals surface area contributed by atoms with Gasteiger partial charge < -0.3 is 9.63 Å². The molecule has 1 aromatic heterocycles. The molecule has 2 heterocycles. The van der Waals surface area contributed by atoms with E-state index in [4.69, 9.17) is 4.52 Å². The summed E-state index contributed by atoms with van der Waals surface area (Å²) in [4.78, 5) is 6.62. The minimum atomic E-state index is -0.661. The zero-order valence-corrected chi connectivity index (χ0v) is 10.1. The van der Waals surface area contributed by atoms with Gasteiger partial charge in [-0.3, -0.25) is 4.90 Å². The Morgan fingerprint density at radius 1 is 1.44 bits per heavy atom. The first-order valence-corrected chi connectivity index (χ1v) is 5.87. The third-order valence-electron chi connectivity index (χ3n) is 3.07. The maximum Gasteiger partial charge on any atom is 0.244 e. The van der Waals surface area contributed by atoms with Crippen LogP contribution >= 0.6 is 0 Å². The van der Waals surface area contributed by atoms with Crippen LogP contribution in [0.15, 0.2) is 4.52 Å². The van der Waals surface area contributed by atoms with Gasteiger partial charge in [0.1, 0.15) is 6.10 Å². The molecule has 0 aliphatic carbocycles. The van der Waals surface area contributed by atoms with Crippen molar-refractivity contribution in [1.29, 1.82) is 0 Å². The van der Waals surface area contributed by atoms with Crippen LogP contribution in [-0.4, -0.2) is 32.7 Å². The second-order valence-electron chi connectivity index (χ2n) is 4.66. The average molecular weight is 225 g/mol. The predicted molar refractivity (Wildman–Crippen MR) is 58.7 cm³/mol. The summed E-state index contributed by atoms with van der Waals surface area (Å²) >= 11 is 0. The van der Waals surface area contributed by atoms with Gasteiger partial charge in [0, 0.05) is 6.04 Å². The summed E-state index contributed by atoms with van der Waals surface area (Å²) in [6.07, 6.45) is 1.56. The van der Waals surface area contributed by atoms with Gasteiger partial charge in [-0.15, -0.1) is 0 Å². The number of aromatic nitrogens is 2. The van der Waals surface area contributed by atoms with Crippen molar-refractivity contribution < 1.29 is 9.63 Å². The van der Waals surface area contributed by atoms with Crippen LogP contribution in [0.1, 0.15) is 57.5 Å². The van der Waals surface area contributed by atoms with Gasteiger partial charge in [0.25, 0.3) is 0 Å². The third kappa shape index (κ3) is 2.10. The molecule has 90 valence electrons. The topological polar surface area (TPSA) is 62.4 Å². The summed E-state index contributed by atoms with van der Waals surface area (Å²) in [6, 6.07) is 0.703. The van der Waals surface area contributed by atoms with Crippen molar-refractivity contribution in [3.63, 3.8) is 0 Å². The monoisotopic (exact) mass is 225 g/mol. The fraction of sp³-hybridized carbons (Fsp3) is 0.818. The number of aliphatic hydroxyl groups excluding tert-OH is 1. The molecule has 1 N–H and O–H groups in total. The summed E-state index contributed by atoms with van der Waals surface area (Å²) in [5.74, 6) is 1.02. The molecule has 16 heavy (non-hydrogen) atoms. The molecule has 0 spiro atoms. The van der Waals surface area contributed by atoms with Crippen molar-refractivity contribution in [2.24, 2.45) is 0 Å². The van der Waals surface area contributed by atoms with E-state index in [1.165, 1.54) is 0 Å². The second-order valence-corrected chi connectivity index (χ2v) is 4.66. The van der Waals surface area contributed by atoms with Crippen LogP contribution in [0.5, 0.6) is 0 Å². The molecule has 1 fully saturated rings. The molecular formula is C11H19N3O2. The highest BCUT2D eigenvalue weighted by atomic mass is 16.5. The number of rotatable bonds is 3. The highest BCUT2D eigenvalue weighted by molar-refractivity contribution is 4.98. The van der Waals surface area contributed by atoms with E-state index in [0.29, 0.717) is 17.8 Å². The van der Waals surface area contributed by atoms with E-state index in [2.05, 4.69) is 28.9 Å². The first-order chi connectivity index (χ1) is 7.59. The molecule has 2 atom stereocenters. The van der Waals surface area contributed by atoms with Gasteiger partial charge in [-0.1, -0.05) is 5.16 Å². The molecule has 2 unspecified atom stereocenters. The van der Waals surface area contributed by atoms with Gasteiger partial charge in [0.05, 0.1) is 6.04 Å². The lowest BCUT2D eigenvalue weighted by Gasteiger charge is -2.25. The van der Waals surface area contributed by atoms with Crippen LogP contribution in [0, 0.1) is 0 Å². The lowest BCUT2D eigenvalue weighted by Crippen LogP contribution is -2.30. The van der Waals surface area contributed by atoms with Crippen LogP contribution in [0.4, 0.5) is 0 Å². The summed E-state index contributed by atoms with van der Waals surface area (Å²) in [5, 5.41) is 13.1. The van der Waals surface area contributed by atoms with Gasteiger partial charge in [-0.25, -0.2) is 0 Å². The molecule has 0 saturated carbocycles. The molecule has 0 radical (unpaired) electrons. The molecule has 5 heteroatoms. The van der Waals surface area contributed by atoms with Crippen LogP contribution in [0.25, 0.3) is 0 Å². The Balaban J connectivity index is 2.16. The van der Waals surface area contributed by atoms with E-state index in [1.54, 1.807) is 6.92 Å². The van der Waals surface area contributed by atoms with Crippen molar-refractivity contribution in [3.8, 4) is 0 Å². The van der Waals surface area contributed by atoms with Gasteiger partial charge in [-0.2, -0.15) is 4.98 Å². The van der Waals surface area contributed by atoms with Crippen molar-refractivity contribution >= 4 is 0 Å². The first kappa shape index (κ1) is 11.5. The van der Waals surface area contributed by atoms with E-state index >= 15 is 0 Å². The Morgan fingerprint density at radius 3 is 2.75 bits per heavy atom. The lowest BCUT2D eigenvalue weighted by molar-refractivity contribution is 0.168. The SMILES string of the molecule is CC(O)c1noc(C2CCCN2C(C)C)n1. The Labute approximate surface area is 95.4 Å². The Kier molecular flexibility index (Phi) is 3.25. The molecule has 2 rings (SSSR count). The first-order valence-electron chi connectivity index (χ1n) is 5.87. The summed E-state index contributed by atoms with van der Waals surface area (Å²) in [6.45, 7) is 7.06. The van der Waals surface area contributed by atoms with Gasteiger partial charge >= 0.3 is 0 Å². The molecule has 1 aliphatic heterocycles. The summed E-state index contributed by atoms with van der Waals surface area (Å²) in [7, 11) is 0. The van der Waals surface area contributed by atoms with Crippen LogP contribution in [0.3, 0.4) is 0 Å². The molecule has 0 amide bonds. The fourth-order valence-corrected chi connectivity index (χ4v) is 2.22. The number of aliphatic hydroxyl groups is 1. The van der Waals surface area contributed by atoms with Crippen LogP contribution in [0.2, 0.25) is 0 Å². The molecule has 1 saturated heterocycles.